The van der Waals surface area contributed by atoms with Crippen molar-refractivity contribution >= 4 is 11.9 Å². The minimum Gasteiger partial charge on any atom is -0.503 e. The molecular formula is C30H30F6N2O6. The van der Waals surface area contributed by atoms with Crippen molar-refractivity contribution in [3.8, 4) is 17.2 Å². The van der Waals surface area contributed by atoms with Gasteiger partial charge in [0.15, 0.2) is 17.2 Å². The van der Waals surface area contributed by atoms with Crippen molar-refractivity contribution in [1.29, 1.82) is 0 Å². The molecule has 0 saturated heterocycles. The highest BCUT2D eigenvalue weighted by Gasteiger charge is 2.36. The highest BCUT2D eigenvalue weighted by atomic mass is 19.4. The maximum atomic E-state index is 13.5. The second-order valence-electron chi connectivity index (χ2n) is 9.74. The Bertz CT molecular complexity index is 1440. The van der Waals surface area contributed by atoms with Crippen LogP contribution in [0.2, 0.25) is 0 Å². The number of hydrogen-bond acceptors (Lipinski definition) is 7. The molecule has 0 aliphatic rings. The fraction of sp³-hybridized carbons (Fsp3) is 0.367. The number of aromatic nitrogens is 1. The number of ether oxygens (including phenoxy) is 3. The molecule has 44 heavy (non-hydrogen) atoms. The summed E-state index contributed by atoms with van der Waals surface area (Å²) in [4.78, 5) is 29.6. The number of nitrogens with one attached hydrogen (secondary N) is 1. The van der Waals surface area contributed by atoms with Crippen LogP contribution in [0.5, 0.6) is 17.2 Å². The third-order valence-corrected chi connectivity index (χ3v) is 6.88. The molecule has 238 valence electrons. The monoisotopic (exact) mass is 628 g/mol. The van der Waals surface area contributed by atoms with Gasteiger partial charge in [-0.1, -0.05) is 19.1 Å². The lowest BCUT2D eigenvalue weighted by atomic mass is 9.82. The Morgan fingerprint density at radius 2 is 1.45 bits per heavy atom. The highest BCUT2D eigenvalue weighted by Crippen LogP contribution is 2.42. The number of rotatable bonds is 10. The first-order valence-corrected chi connectivity index (χ1v) is 13.2. The minimum absolute atomic E-state index is 0.0365. The Morgan fingerprint density at radius 1 is 0.886 bits per heavy atom. The van der Waals surface area contributed by atoms with Crippen molar-refractivity contribution in [2.75, 3.05) is 14.2 Å². The predicted octanol–water partition coefficient (Wildman–Crippen LogP) is 6.29. The molecule has 3 rings (SSSR count). The number of benzene rings is 2. The first-order chi connectivity index (χ1) is 20.5. The Hall–Kier alpha value is -4.49. The summed E-state index contributed by atoms with van der Waals surface area (Å²) in [5.41, 5.74) is -1.77. The van der Waals surface area contributed by atoms with Crippen LogP contribution in [0.15, 0.2) is 48.7 Å². The molecule has 0 spiro atoms. The van der Waals surface area contributed by atoms with E-state index in [9.17, 15) is 41.0 Å². The lowest BCUT2D eigenvalue weighted by Gasteiger charge is -2.29. The third-order valence-electron chi connectivity index (χ3n) is 6.88. The number of alkyl halides is 6. The Morgan fingerprint density at radius 3 is 2.00 bits per heavy atom. The normalized spacial score (nSPS) is 13.9. The number of pyridine rings is 1. The summed E-state index contributed by atoms with van der Waals surface area (Å²) >= 11 is 0. The van der Waals surface area contributed by atoms with E-state index in [4.69, 9.17) is 14.2 Å². The van der Waals surface area contributed by atoms with E-state index in [0.717, 1.165) is 37.4 Å². The zero-order valence-corrected chi connectivity index (χ0v) is 24.3. The molecule has 0 saturated carbocycles. The van der Waals surface area contributed by atoms with Crippen LogP contribution < -0.4 is 14.8 Å². The number of hydrogen-bond donors (Lipinski definition) is 2. The van der Waals surface area contributed by atoms with E-state index in [1.807, 2.05) is 0 Å². The van der Waals surface area contributed by atoms with E-state index in [1.165, 1.54) is 39.3 Å². The summed E-state index contributed by atoms with van der Waals surface area (Å²) in [6.45, 7) is 4.31. The van der Waals surface area contributed by atoms with Gasteiger partial charge in [0.1, 0.15) is 17.9 Å². The van der Waals surface area contributed by atoms with Gasteiger partial charge >= 0.3 is 18.3 Å². The second-order valence-corrected chi connectivity index (χ2v) is 9.74. The second kappa shape index (κ2) is 13.4. The third kappa shape index (κ3) is 7.53. The van der Waals surface area contributed by atoms with Crippen LogP contribution in [0.1, 0.15) is 65.0 Å². The molecule has 3 aromatic rings. The number of halogens is 6. The van der Waals surface area contributed by atoms with Crippen LogP contribution in [0.4, 0.5) is 26.3 Å². The van der Waals surface area contributed by atoms with Gasteiger partial charge in [-0.05, 0) is 55.7 Å². The lowest BCUT2D eigenvalue weighted by Crippen LogP contribution is -2.41. The average molecular weight is 629 g/mol. The van der Waals surface area contributed by atoms with E-state index in [0.29, 0.717) is 0 Å². The van der Waals surface area contributed by atoms with E-state index < -0.39 is 64.9 Å². The Kier molecular flexibility index (Phi) is 10.4. The van der Waals surface area contributed by atoms with Crippen LogP contribution in [0, 0.1) is 0 Å². The molecule has 8 nitrogen and oxygen atoms in total. The molecule has 14 heteroatoms. The predicted molar refractivity (Wildman–Crippen MR) is 146 cm³/mol. The summed E-state index contributed by atoms with van der Waals surface area (Å²) in [6, 6.07) is 5.63. The number of aryl methyl sites for hydroxylation is 1. The van der Waals surface area contributed by atoms with Crippen molar-refractivity contribution in [2.24, 2.45) is 0 Å². The van der Waals surface area contributed by atoms with Crippen molar-refractivity contribution < 1.29 is 55.2 Å². The van der Waals surface area contributed by atoms with E-state index >= 15 is 0 Å². The molecule has 0 bridgehead atoms. The van der Waals surface area contributed by atoms with Crippen LogP contribution in [0.25, 0.3) is 0 Å². The van der Waals surface area contributed by atoms with Gasteiger partial charge in [0.2, 0.25) is 0 Å². The van der Waals surface area contributed by atoms with E-state index in [1.54, 1.807) is 6.92 Å². The van der Waals surface area contributed by atoms with Crippen LogP contribution in [0.3, 0.4) is 0 Å². The fourth-order valence-electron chi connectivity index (χ4n) is 4.65. The van der Waals surface area contributed by atoms with E-state index in [2.05, 4.69) is 10.3 Å². The maximum Gasteiger partial charge on any atom is 0.416 e. The minimum atomic E-state index is -4.71. The van der Waals surface area contributed by atoms with Gasteiger partial charge in [-0.25, -0.2) is 9.78 Å². The molecule has 1 amide bonds. The highest BCUT2D eigenvalue weighted by molar-refractivity contribution is 5.97. The number of amides is 1. The first kappa shape index (κ1) is 34.0. The quantitative estimate of drug-likeness (QED) is 0.201. The van der Waals surface area contributed by atoms with Crippen LogP contribution in [-0.4, -0.2) is 48.3 Å². The molecule has 0 fully saturated rings. The van der Waals surface area contributed by atoms with Crippen LogP contribution in [-0.2, 0) is 28.3 Å². The van der Waals surface area contributed by atoms with Crippen molar-refractivity contribution in [3.63, 3.8) is 0 Å². The number of nitrogens with zero attached hydrogens (tertiary/aromatic N) is 1. The summed E-state index contributed by atoms with van der Waals surface area (Å²) < 4.78 is 96.7. The maximum absolute atomic E-state index is 13.5. The Labute approximate surface area is 249 Å². The largest absolute Gasteiger partial charge is 0.503 e. The smallest absolute Gasteiger partial charge is 0.416 e. The molecule has 1 unspecified atom stereocenters. The van der Waals surface area contributed by atoms with Gasteiger partial charge in [-0.2, -0.15) is 26.3 Å². The summed E-state index contributed by atoms with van der Waals surface area (Å²) in [7, 11) is 2.40. The molecular weight excluding hydrogens is 598 g/mol. The number of methoxy groups -OCH3 is 2. The molecule has 2 N–H and O–H groups in total. The van der Waals surface area contributed by atoms with E-state index in [-0.39, 0.29) is 34.6 Å². The molecule has 3 atom stereocenters. The topological polar surface area (TPSA) is 107 Å². The van der Waals surface area contributed by atoms with Crippen molar-refractivity contribution in [2.45, 2.75) is 57.6 Å². The Balaban J connectivity index is 2.01. The molecule has 0 aliphatic carbocycles. The lowest BCUT2D eigenvalue weighted by molar-refractivity contribution is -0.150. The van der Waals surface area contributed by atoms with Gasteiger partial charge in [0, 0.05) is 23.7 Å². The van der Waals surface area contributed by atoms with Crippen molar-refractivity contribution in [1.82, 2.24) is 10.3 Å². The first-order valence-electron chi connectivity index (χ1n) is 13.2. The summed E-state index contributed by atoms with van der Waals surface area (Å²) in [5, 5.41) is 12.5. The van der Waals surface area contributed by atoms with Crippen molar-refractivity contribution in [3.05, 3.63) is 82.2 Å². The zero-order valence-electron chi connectivity index (χ0n) is 24.3. The average Bonchev–Trinajstić information content (AvgIpc) is 2.96. The van der Waals surface area contributed by atoms with Gasteiger partial charge in [0.05, 0.1) is 25.3 Å². The molecule has 0 radical (unpaired) electrons. The fourth-order valence-corrected chi connectivity index (χ4v) is 4.65. The zero-order chi connectivity index (χ0) is 33.0. The number of esters is 1. The molecule has 1 heterocycles. The van der Waals surface area contributed by atoms with Gasteiger partial charge < -0.3 is 24.6 Å². The van der Waals surface area contributed by atoms with Gasteiger partial charge in [-0.3, -0.25) is 4.79 Å². The summed E-state index contributed by atoms with van der Waals surface area (Å²) in [6.07, 6.45) is -9.22. The number of carbonyl (C=O) groups excluding carboxylic acids is 2. The number of aromatic hydroxyl groups is 1. The SMILES string of the molecule is CCc1cc(C(F)(F)F)ccc1C(c1ccc(C(F)(F)F)cc1OC)[C@H](C)OC(=O)[C@H](C)NC(=O)c1nccc(OC)c1O. The van der Waals surface area contributed by atoms with Gasteiger partial charge in [0.25, 0.3) is 5.91 Å². The molecule has 1 aromatic heterocycles. The summed E-state index contributed by atoms with van der Waals surface area (Å²) in [5.74, 6) is -3.82. The molecule has 2 aromatic carbocycles. The standard InChI is InChI=1S/C30H30F6N2O6/c1-6-17-13-18(29(31,32)33)7-9-20(17)24(21-10-8-19(30(34,35)36)14-23(21)43-5)16(3)44-28(41)15(2)38-27(40)25-26(39)22(42-4)11-12-37-25/h7-16,24,39H,6H2,1-5H3,(H,38,40)/t15-,16-,24?/m0/s1. The van der Waals surface area contributed by atoms with Crippen LogP contribution >= 0.6 is 0 Å². The molecule has 0 aliphatic heterocycles. The van der Waals surface area contributed by atoms with Gasteiger partial charge in [-0.15, -0.1) is 0 Å². The number of carbonyl (C=O) groups is 2.